The summed E-state index contributed by atoms with van der Waals surface area (Å²) in [5, 5.41) is 2.51. The predicted molar refractivity (Wildman–Crippen MR) is 178 cm³/mol. The van der Waals surface area contributed by atoms with Gasteiger partial charge in [-0.1, -0.05) is 54.9 Å². The maximum atomic E-state index is 13.6. The van der Waals surface area contributed by atoms with Crippen LogP contribution in [0.2, 0.25) is 0 Å². The van der Waals surface area contributed by atoms with Crippen molar-refractivity contribution in [2.24, 2.45) is 50.7 Å². The van der Waals surface area contributed by atoms with E-state index in [0.717, 1.165) is 36.3 Å². The second-order valence-electron chi connectivity index (χ2n) is 16.8. The molecule has 0 spiro atoms. The molecule has 4 fully saturated rings. The van der Waals surface area contributed by atoms with E-state index in [1.165, 1.54) is 52.3 Å². The van der Waals surface area contributed by atoms with Gasteiger partial charge in [0, 0.05) is 26.5 Å². The van der Waals surface area contributed by atoms with E-state index in [4.69, 9.17) is 9.78 Å². The normalized spacial score (nSPS) is 36.9. The van der Waals surface area contributed by atoms with Crippen molar-refractivity contribution in [1.29, 1.82) is 0 Å². The van der Waals surface area contributed by atoms with E-state index < -0.39 is 17.4 Å². The lowest BCUT2D eigenvalue weighted by molar-refractivity contribution is -0.267. The molecule has 1 aromatic heterocycles. The zero-order valence-corrected chi connectivity index (χ0v) is 30.0. The number of nitrogens with zero attached hydrogens (tertiary/aromatic N) is 2. The summed E-state index contributed by atoms with van der Waals surface area (Å²) in [6.45, 7) is 19.4. The highest BCUT2D eigenvalue weighted by atomic mass is 17.2. The van der Waals surface area contributed by atoms with Gasteiger partial charge in [0.1, 0.15) is 17.6 Å². The number of amides is 1. The molecule has 258 valence electrons. The summed E-state index contributed by atoms with van der Waals surface area (Å²) in [5.41, 5.74) is 1.78. The molecule has 0 bridgehead atoms. The monoisotopic (exact) mass is 649 g/mol. The van der Waals surface area contributed by atoms with Gasteiger partial charge in [-0.25, -0.2) is 29.3 Å². The Hall–Kier alpha value is -3.10. The molecule has 5 aliphatic rings. The lowest BCUT2D eigenvalue weighted by Gasteiger charge is -2.71. The van der Waals surface area contributed by atoms with Crippen molar-refractivity contribution in [3.05, 3.63) is 29.7 Å². The average molecular weight is 650 g/mol. The quantitative estimate of drug-likeness (QED) is 0.260. The molecular weight excluding hydrogens is 594 g/mol. The Morgan fingerprint density at radius 2 is 1.62 bits per heavy atom. The van der Waals surface area contributed by atoms with Crippen LogP contribution in [0.25, 0.3) is 0 Å². The largest absolute Gasteiger partial charge is 0.366 e. The number of fused-ring (bicyclic) bond motifs is 7. The fourth-order valence-corrected chi connectivity index (χ4v) is 11.7. The number of carbonyl (C=O) groups excluding carboxylic acids is 4. The number of Topliss-reactive ketones (excluding diaryl/α,β-unsaturated/α-hetero) is 1. The zero-order valence-electron chi connectivity index (χ0n) is 30.0. The van der Waals surface area contributed by atoms with Crippen molar-refractivity contribution >= 4 is 29.4 Å². The molecule has 1 amide bonds. The van der Waals surface area contributed by atoms with Gasteiger partial charge in [0.15, 0.2) is 5.78 Å². The third kappa shape index (κ3) is 5.73. The van der Waals surface area contributed by atoms with Gasteiger partial charge < -0.3 is 5.32 Å². The van der Waals surface area contributed by atoms with E-state index in [1.54, 1.807) is 12.3 Å². The van der Waals surface area contributed by atoms with E-state index in [0.29, 0.717) is 29.0 Å². The molecule has 9 heteroatoms. The van der Waals surface area contributed by atoms with Crippen LogP contribution in [0.3, 0.4) is 0 Å². The minimum atomic E-state index is -0.993. The van der Waals surface area contributed by atoms with Gasteiger partial charge >= 0.3 is 11.9 Å². The molecule has 0 aromatic carbocycles. The molecule has 1 heterocycles. The Balaban J connectivity index is 0.000000371. The third-order valence-corrected chi connectivity index (χ3v) is 13.7. The van der Waals surface area contributed by atoms with Gasteiger partial charge in [-0.2, -0.15) is 0 Å². The Kier molecular flexibility index (Phi) is 9.30. The van der Waals surface area contributed by atoms with Gasteiger partial charge in [0.25, 0.3) is 0 Å². The molecule has 1 aromatic rings. The van der Waals surface area contributed by atoms with Gasteiger partial charge in [0.2, 0.25) is 5.91 Å². The number of ketones is 1. The van der Waals surface area contributed by atoms with Crippen LogP contribution in [0.4, 0.5) is 5.82 Å². The number of carbonyl (C=O) groups is 4. The topological polar surface area (TPSA) is 125 Å². The molecule has 0 radical (unpaired) electrons. The lowest BCUT2D eigenvalue weighted by Crippen LogP contribution is -2.64. The number of aromatic nitrogens is 2. The Morgan fingerprint density at radius 3 is 2.23 bits per heavy atom. The van der Waals surface area contributed by atoms with Crippen LogP contribution in [-0.2, 0) is 29.0 Å². The Morgan fingerprint density at radius 1 is 0.894 bits per heavy atom. The molecule has 1 N–H and O–H groups in total. The molecular formula is C38H55N3O6. The summed E-state index contributed by atoms with van der Waals surface area (Å²) in [7, 11) is 0. The number of allylic oxidation sites excluding steroid dienone is 1. The number of nitrogens with one attached hydrogen (secondary N) is 1. The van der Waals surface area contributed by atoms with Crippen LogP contribution in [0.5, 0.6) is 0 Å². The average Bonchev–Trinajstić information content (AvgIpc) is 3.29. The van der Waals surface area contributed by atoms with Crippen molar-refractivity contribution in [3.8, 4) is 0 Å². The SMILES string of the molecule is CC(=O)Nc1ccncn1.CC(=O)OOC(=O)[C@@]12CC[C@]3(C)[C@H](CC[C@@H]4[C@@]5(C)CCCC(C)(C)[C@@H]5CC[C@]43C)C1=C(C(C)C)C(=O)C2. The van der Waals surface area contributed by atoms with Crippen molar-refractivity contribution in [3.63, 3.8) is 0 Å². The smallest absolute Gasteiger partial charge is 0.311 e. The van der Waals surface area contributed by atoms with Crippen LogP contribution in [0.1, 0.15) is 127 Å². The van der Waals surface area contributed by atoms with Crippen LogP contribution in [0.15, 0.2) is 29.7 Å². The van der Waals surface area contributed by atoms with E-state index in [2.05, 4.69) is 63.8 Å². The van der Waals surface area contributed by atoms with Crippen molar-refractivity contribution in [2.45, 2.75) is 127 Å². The fourth-order valence-electron chi connectivity index (χ4n) is 11.7. The molecule has 5 aliphatic carbocycles. The molecule has 9 nitrogen and oxygen atoms in total. The first-order chi connectivity index (χ1) is 21.9. The first kappa shape index (κ1) is 35.2. The first-order valence-electron chi connectivity index (χ1n) is 17.6. The van der Waals surface area contributed by atoms with Crippen molar-refractivity contribution in [1.82, 2.24) is 9.97 Å². The van der Waals surface area contributed by atoms with E-state index in [-0.39, 0.29) is 40.8 Å². The molecule has 4 saturated carbocycles. The molecule has 0 aliphatic heterocycles. The van der Waals surface area contributed by atoms with Crippen molar-refractivity contribution in [2.75, 3.05) is 5.32 Å². The lowest BCUT2D eigenvalue weighted by atomic mass is 9.33. The number of hydrogen-bond donors (Lipinski definition) is 1. The van der Waals surface area contributed by atoms with Gasteiger partial charge in [-0.15, -0.1) is 0 Å². The number of rotatable bonds is 3. The van der Waals surface area contributed by atoms with Crippen molar-refractivity contribution < 1.29 is 29.0 Å². The summed E-state index contributed by atoms with van der Waals surface area (Å²) in [5.74, 6) is 0.900. The summed E-state index contributed by atoms with van der Waals surface area (Å²) >= 11 is 0. The number of anilines is 1. The van der Waals surface area contributed by atoms with Gasteiger partial charge in [-0.05, 0) is 114 Å². The summed E-state index contributed by atoms with van der Waals surface area (Å²) < 4.78 is 0. The molecule has 7 atom stereocenters. The number of hydrogen-bond acceptors (Lipinski definition) is 8. The van der Waals surface area contributed by atoms with Crippen LogP contribution in [0, 0.1) is 50.7 Å². The summed E-state index contributed by atoms with van der Waals surface area (Å²) in [6.07, 6.45) is 13.2. The van der Waals surface area contributed by atoms with E-state index in [9.17, 15) is 19.2 Å². The fraction of sp³-hybridized carbons (Fsp3) is 0.737. The second-order valence-corrected chi connectivity index (χ2v) is 16.8. The highest BCUT2D eigenvalue weighted by Crippen LogP contribution is 2.76. The third-order valence-electron chi connectivity index (χ3n) is 13.7. The zero-order chi connectivity index (χ0) is 34.6. The maximum absolute atomic E-state index is 13.6. The minimum Gasteiger partial charge on any atom is -0.311 e. The standard InChI is InChI=1S/C32H48O5.C6H7N3O/c1-19(2)25-22(34)18-32(27(35)37-36-20(3)33)17-16-30(7)21(26(25)32)10-11-24-29(6)14-9-13-28(4,5)23(29)12-15-31(24,30)8;1-5(10)9-6-2-3-7-4-8-6/h19,21,23-24H,9-18H2,1-8H3;2-4H,1H3,(H,7,8,9,10)/t21-,23+,24-,29+,30-,31-,32-;/m1./s1. The van der Waals surface area contributed by atoms with Gasteiger partial charge in [0.05, 0.1) is 0 Å². The predicted octanol–water partition coefficient (Wildman–Crippen LogP) is 7.81. The van der Waals surface area contributed by atoms with Crippen LogP contribution in [-0.4, -0.2) is 33.6 Å². The molecule has 6 rings (SSSR count). The minimum absolute atomic E-state index is 0.0107. The summed E-state index contributed by atoms with van der Waals surface area (Å²) in [6, 6.07) is 1.63. The second kappa shape index (κ2) is 12.4. The molecule has 47 heavy (non-hydrogen) atoms. The Labute approximate surface area is 280 Å². The highest BCUT2D eigenvalue weighted by molar-refractivity contribution is 6.06. The summed E-state index contributed by atoms with van der Waals surface area (Å²) in [4.78, 5) is 66.3. The van der Waals surface area contributed by atoms with Gasteiger partial charge in [-0.3, -0.25) is 9.59 Å². The van der Waals surface area contributed by atoms with Crippen LogP contribution >= 0.6 is 0 Å². The van der Waals surface area contributed by atoms with E-state index in [1.807, 2.05) is 0 Å². The molecule has 0 unspecified atom stereocenters. The van der Waals surface area contributed by atoms with Crippen LogP contribution < -0.4 is 5.32 Å². The Bertz CT molecular complexity index is 1450. The maximum Gasteiger partial charge on any atom is 0.366 e. The highest BCUT2D eigenvalue weighted by Gasteiger charge is 2.70. The first-order valence-corrected chi connectivity index (χ1v) is 17.6. The van der Waals surface area contributed by atoms with E-state index >= 15 is 0 Å². The molecule has 0 saturated heterocycles.